The van der Waals surface area contributed by atoms with Gasteiger partial charge in [-0.2, -0.15) is 0 Å². The zero-order chi connectivity index (χ0) is 13.5. The molecule has 1 aromatic rings. The SMILES string of the molecule is ClC1=CC=C(Oc2cccs2)N([C@@H]2C[C@H]3CC[C@@H]2N3)C1. The first-order valence-electron chi connectivity index (χ1n) is 7.10. The normalized spacial score (nSPS) is 32.2. The van der Waals surface area contributed by atoms with Crippen LogP contribution in [0.1, 0.15) is 19.3 Å². The van der Waals surface area contributed by atoms with Crippen LogP contribution in [0.4, 0.5) is 0 Å². The molecule has 0 unspecified atom stereocenters. The lowest BCUT2D eigenvalue weighted by Gasteiger charge is -2.37. The second kappa shape index (κ2) is 5.10. The quantitative estimate of drug-likeness (QED) is 0.927. The number of fused-ring (bicyclic) bond motifs is 2. The molecule has 3 nitrogen and oxygen atoms in total. The van der Waals surface area contributed by atoms with Crippen LogP contribution in [0, 0.1) is 0 Å². The lowest BCUT2D eigenvalue weighted by molar-refractivity contribution is 0.156. The molecule has 0 amide bonds. The molecule has 5 heteroatoms. The molecule has 2 bridgehead atoms. The highest BCUT2D eigenvalue weighted by Gasteiger charge is 2.43. The van der Waals surface area contributed by atoms with Gasteiger partial charge in [-0.05, 0) is 48.9 Å². The highest BCUT2D eigenvalue weighted by molar-refractivity contribution is 7.11. The summed E-state index contributed by atoms with van der Waals surface area (Å²) in [4.78, 5) is 2.33. The van der Waals surface area contributed by atoms with Gasteiger partial charge in [0, 0.05) is 23.2 Å². The smallest absolute Gasteiger partial charge is 0.197 e. The fourth-order valence-corrected chi connectivity index (χ4v) is 4.26. The molecular weight excluding hydrogens is 292 g/mol. The highest BCUT2D eigenvalue weighted by Crippen LogP contribution is 2.36. The fourth-order valence-electron chi connectivity index (χ4n) is 3.49. The van der Waals surface area contributed by atoms with Crippen LogP contribution < -0.4 is 10.1 Å². The summed E-state index contributed by atoms with van der Waals surface area (Å²) in [5, 5.41) is 7.53. The average Bonchev–Trinajstić information content (AvgIpc) is 3.17. The Labute approximate surface area is 127 Å². The van der Waals surface area contributed by atoms with E-state index in [1.54, 1.807) is 11.3 Å². The molecule has 0 saturated carbocycles. The third-order valence-corrected chi connectivity index (χ3v) is 5.37. The summed E-state index contributed by atoms with van der Waals surface area (Å²) in [5.74, 6) is 0.927. The Balaban J connectivity index is 1.57. The summed E-state index contributed by atoms with van der Waals surface area (Å²) in [5.41, 5.74) is 0. The van der Waals surface area contributed by atoms with Crippen LogP contribution in [0.3, 0.4) is 0 Å². The Kier molecular flexibility index (Phi) is 3.25. The van der Waals surface area contributed by atoms with Gasteiger partial charge in [0.15, 0.2) is 10.9 Å². The first-order valence-corrected chi connectivity index (χ1v) is 8.36. The van der Waals surface area contributed by atoms with E-state index in [1.807, 2.05) is 29.7 Å². The van der Waals surface area contributed by atoms with Gasteiger partial charge in [0.2, 0.25) is 0 Å². The third-order valence-electron chi connectivity index (χ3n) is 4.38. The van der Waals surface area contributed by atoms with Crippen molar-refractivity contribution >= 4 is 22.9 Å². The Hall–Kier alpha value is -0.970. The maximum absolute atomic E-state index is 6.24. The van der Waals surface area contributed by atoms with E-state index in [-0.39, 0.29) is 0 Å². The van der Waals surface area contributed by atoms with Gasteiger partial charge in [-0.3, -0.25) is 0 Å². The Morgan fingerprint density at radius 1 is 1.35 bits per heavy atom. The molecule has 4 heterocycles. The van der Waals surface area contributed by atoms with Crippen molar-refractivity contribution in [3.05, 3.63) is 40.6 Å². The number of thiophene rings is 1. The molecule has 2 saturated heterocycles. The molecule has 3 atom stereocenters. The van der Waals surface area contributed by atoms with Crippen LogP contribution >= 0.6 is 22.9 Å². The van der Waals surface area contributed by atoms with E-state index in [4.69, 9.17) is 16.3 Å². The van der Waals surface area contributed by atoms with E-state index in [9.17, 15) is 0 Å². The van der Waals surface area contributed by atoms with Crippen molar-refractivity contribution in [1.29, 1.82) is 0 Å². The Morgan fingerprint density at radius 3 is 3.00 bits per heavy atom. The van der Waals surface area contributed by atoms with Gasteiger partial charge in [0.25, 0.3) is 0 Å². The molecule has 0 spiro atoms. The summed E-state index contributed by atoms with van der Waals surface area (Å²) >= 11 is 7.86. The minimum Gasteiger partial charge on any atom is -0.431 e. The van der Waals surface area contributed by atoms with Gasteiger partial charge in [-0.15, -0.1) is 11.3 Å². The topological polar surface area (TPSA) is 24.5 Å². The molecule has 0 radical (unpaired) electrons. The number of hydrogen-bond donors (Lipinski definition) is 1. The predicted octanol–water partition coefficient (Wildman–Crippen LogP) is 3.30. The van der Waals surface area contributed by atoms with Crippen LogP contribution in [-0.2, 0) is 0 Å². The fraction of sp³-hybridized carbons (Fsp3) is 0.467. The lowest BCUT2D eigenvalue weighted by Crippen LogP contribution is -2.45. The number of halogens is 1. The van der Waals surface area contributed by atoms with E-state index in [2.05, 4.69) is 10.2 Å². The van der Waals surface area contributed by atoms with Crippen molar-refractivity contribution in [2.45, 2.75) is 37.4 Å². The summed E-state index contributed by atoms with van der Waals surface area (Å²) in [6.07, 6.45) is 7.71. The maximum Gasteiger partial charge on any atom is 0.197 e. The van der Waals surface area contributed by atoms with Crippen molar-refractivity contribution in [2.75, 3.05) is 6.54 Å². The molecule has 0 aromatic carbocycles. The van der Waals surface area contributed by atoms with Gasteiger partial charge in [0.1, 0.15) is 0 Å². The molecule has 20 heavy (non-hydrogen) atoms. The van der Waals surface area contributed by atoms with Crippen molar-refractivity contribution in [2.24, 2.45) is 0 Å². The number of ether oxygens (including phenoxy) is 1. The van der Waals surface area contributed by atoms with Crippen molar-refractivity contribution in [3.8, 4) is 5.06 Å². The predicted molar refractivity (Wildman–Crippen MR) is 82.0 cm³/mol. The molecule has 106 valence electrons. The van der Waals surface area contributed by atoms with Gasteiger partial charge >= 0.3 is 0 Å². The van der Waals surface area contributed by atoms with Crippen LogP contribution in [-0.4, -0.2) is 29.6 Å². The number of allylic oxidation sites excluding steroid dienone is 2. The zero-order valence-corrected chi connectivity index (χ0v) is 12.7. The Bertz CT molecular complexity index is 554. The van der Waals surface area contributed by atoms with E-state index < -0.39 is 0 Å². The van der Waals surface area contributed by atoms with E-state index in [0.717, 1.165) is 22.5 Å². The highest BCUT2D eigenvalue weighted by atomic mass is 35.5. The standard InChI is InChI=1S/C15H17ClN2OS/c16-10-3-6-14(19-15-2-1-7-20-15)18(9-10)13-8-11-4-5-12(13)17-11/h1-3,6-7,11-13,17H,4-5,8-9H2/t11-,12+,13-/m1/s1. The summed E-state index contributed by atoms with van der Waals surface area (Å²) in [6, 6.07) is 5.77. The van der Waals surface area contributed by atoms with Crippen LogP contribution in [0.25, 0.3) is 0 Å². The molecule has 3 aliphatic heterocycles. The monoisotopic (exact) mass is 308 g/mol. The van der Waals surface area contributed by atoms with Crippen LogP contribution in [0.5, 0.6) is 5.06 Å². The molecule has 1 aromatic heterocycles. The van der Waals surface area contributed by atoms with Gasteiger partial charge in [-0.25, -0.2) is 0 Å². The van der Waals surface area contributed by atoms with Gasteiger partial charge in [-0.1, -0.05) is 11.6 Å². The van der Waals surface area contributed by atoms with Crippen molar-refractivity contribution in [3.63, 3.8) is 0 Å². The molecule has 3 aliphatic rings. The minimum atomic E-state index is 0.502. The average molecular weight is 309 g/mol. The number of rotatable bonds is 3. The minimum absolute atomic E-state index is 0.502. The van der Waals surface area contributed by atoms with Crippen LogP contribution in [0.15, 0.2) is 40.6 Å². The molecule has 0 aliphatic carbocycles. The molecule has 1 N–H and O–H groups in total. The van der Waals surface area contributed by atoms with Crippen LogP contribution in [0.2, 0.25) is 0 Å². The largest absolute Gasteiger partial charge is 0.431 e. The van der Waals surface area contributed by atoms with Gasteiger partial charge in [0.05, 0.1) is 6.54 Å². The van der Waals surface area contributed by atoms with E-state index in [0.29, 0.717) is 18.1 Å². The van der Waals surface area contributed by atoms with Crippen molar-refractivity contribution < 1.29 is 4.74 Å². The van der Waals surface area contributed by atoms with E-state index >= 15 is 0 Å². The second-order valence-electron chi connectivity index (χ2n) is 5.63. The van der Waals surface area contributed by atoms with Gasteiger partial charge < -0.3 is 15.0 Å². The summed E-state index contributed by atoms with van der Waals surface area (Å²) < 4.78 is 6.05. The third kappa shape index (κ3) is 2.26. The maximum atomic E-state index is 6.24. The number of hydrogen-bond acceptors (Lipinski definition) is 4. The molecule has 4 rings (SSSR count). The molecule has 2 fully saturated rings. The number of nitrogens with zero attached hydrogens (tertiary/aromatic N) is 1. The Morgan fingerprint density at radius 2 is 2.30 bits per heavy atom. The first kappa shape index (κ1) is 12.7. The summed E-state index contributed by atoms with van der Waals surface area (Å²) in [6.45, 7) is 0.758. The number of nitrogens with one attached hydrogen (secondary N) is 1. The van der Waals surface area contributed by atoms with E-state index in [1.165, 1.54) is 19.3 Å². The molecular formula is C15H17ClN2OS. The lowest BCUT2D eigenvalue weighted by atomic mass is 9.94. The second-order valence-corrected chi connectivity index (χ2v) is 7.03. The summed E-state index contributed by atoms with van der Waals surface area (Å²) in [7, 11) is 0. The zero-order valence-electron chi connectivity index (χ0n) is 11.1. The van der Waals surface area contributed by atoms with Crippen molar-refractivity contribution in [1.82, 2.24) is 10.2 Å². The first-order chi connectivity index (χ1) is 9.79.